The number of aromatic nitrogens is 2. The first kappa shape index (κ1) is 18.1. The van der Waals surface area contributed by atoms with Crippen LogP contribution in [0.25, 0.3) is 6.08 Å². The van der Waals surface area contributed by atoms with Crippen molar-refractivity contribution in [3.63, 3.8) is 0 Å². The van der Waals surface area contributed by atoms with Crippen molar-refractivity contribution in [2.75, 3.05) is 0 Å². The molecule has 0 aromatic carbocycles. The van der Waals surface area contributed by atoms with Gasteiger partial charge in [-0.1, -0.05) is 0 Å². The van der Waals surface area contributed by atoms with E-state index in [1.807, 2.05) is 0 Å². The number of halogens is 2. The fourth-order valence-electron chi connectivity index (χ4n) is 3.77. The van der Waals surface area contributed by atoms with Gasteiger partial charge < -0.3 is 32.6 Å². The summed E-state index contributed by atoms with van der Waals surface area (Å²) >= 11 is 0. The summed E-state index contributed by atoms with van der Waals surface area (Å²) < 4.78 is 33.1. The highest BCUT2D eigenvalue weighted by Crippen LogP contribution is 2.34. The Morgan fingerprint density at radius 2 is 1.89 bits per heavy atom. The number of aromatic hydroxyl groups is 2. The monoisotopic (exact) mass is 389 g/mol. The van der Waals surface area contributed by atoms with Gasteiger partial charge in [0.05, 0.1) is 6.42 Å². The van der Waals surface area contributed by atoms with E-state index in [1.165, 1.54) is 0 Å². The predicted octanol–water partition coefficient (Wildman–Crippen LogP) is 2.35. The molecule has 2 aromatic rings. The molecule has 4 rings (SSSR count). The highest BCUT2D eigenvalue weighted by Gasteiger charge is 2.52. The minimum absolute atomic E-state index is 0.0153. The van der Waals surface area contributed by atoms with Gasteiger partial charge in [0.25, 0.3) is 0 Å². The van der Waals surface area contributed by atoms with Crippen LogP contribution in [0, 0.1) is 13.8 Å². The first-order valence-electron chi connectivity index (χ1n) is 8.77. The van der Waals surface area contributed by atoms with Crippen LogP contribution in [0.15, 0.2) is 36.0 Å². The molecular weight excluding hydrogens is 371 g/mol. The van der Waals surface area contributed by atoms with Crippen molar-refractivity contribution in [1.82, 2.24) is 9.21 Å². The molecule has 28 heavy (non-hydrogen) atoms. The van der Waals surface area contributed by atoms with E-state index >= 15 is 8.63 Å². The van der Waals surface area contributed by atoms with Gasteiger partial charge >= 0.3 is 12.9 Å². The maximum absolute atomic E-state index is 15.3. The summed E-state index contributed by atoms with van der Waals surface area (Å²) in [7, 11) is 0. The number of nitrogens with zero attached hydrogens (tertiary/aromatic N) is 3. The zero-order valence-electron chi connectivity index (χ0n) is 15.3. The van der Waals surface area contributed by atoms with Crippen LogP contribution in [-0.2, 0) is 4.79 Å². The number of allylic oxidation sites excluding steroid dienone is 2. The van der Waals surface area contributed by atoms with Gasteiger partial charge in [-0.3, -0.25) is 0 Å². The largest absolute Gasteiger partial charge is 0.737 e. The third-order valence-electron chi connectivity index (χ3n) is 4.98. The SMILES string of the molecule is Cc1cc(C)n2c1C=C1C=CC(CCC(=O)On3c(O)ccc3O)=[N+]1[B-]2(F)F. The summed E-state index contributed by atoms with van der Waals surface area (Å²) in [6.07, 6.45) is 4.69. The molecule has 0 spiro atoms. The second-order valence-corrected chi connectivity index (χ2v) is 6.88. The average molecular weight is 389 g/mol. The zero-order chi connectivity index (χ0) is 20.2. The number of hydrogen-bond donors (Lipinski definition) is 2. The van der Waals surface area contributed by atoms with E-state index in [0.717, 1.165) is 26.7 Å². The summed E-state index contributed by atoms with van der Waals surface area (Å²) in [5.74, 6) is -1.66. The molecule has 0 saturated heterocycles. The fraction of sp³-hybridized carbons (Fsp3) is 0.222. The molecule has 2 aromatic heterocycles. The molecule has 0 bridgehead atoms. The molecule has 0 aliphatic carbocycles. The molecular formula is C18H18BF2N3O4. The van der Waals surface area contributed by atoms with Gasteiger partial charge in [-0.15, -0.1) is 4.73 Å². The van der Waals surface area contributed by atoms with Gasteiger partial charge in [-0.05, 0) is 31.2 Å². The van der Waals surface area contributed by atoms with Crippen LogP contribution in [0.2, 0.25) is 0 Å². The van der Waals surface area contributed by atoms with Crippen molar-refractivity contribution < 1.29 is 33.0 Å². The number of carbonyl (C=O) groups is 1. The average Bonchev–Trinajstić information content (AvgIpc) is 3.26. The molecule has 2 aliphatic rings. The normalized spacial score (nSPS) is 16.8. The molecule has 10 heteroatoms. The predicted molar refractivity (Wildman–Crippen MR) is 98.2 cm³/mol. The number of carbonyl (C=O) groups excluding carboxylic acids is 1. The number of hydrogen-bond acceptors (Lipinski definition) is 4. The molecule has 0 atom stereocenters. The van der Waals surface area contributed by atoms with Crippen LogP contribution in [0.1, 0.15) is 29.8 Å². The summed E-state index contributed by atoms with van der Waals surface area (Å²) in [4.78, 5) is 16.9. The van der Waals surface area contributed by atoms with E-state index in [1.54, 1.807) is 38.1 Å². The van der Waals surface area contributed by atoms with E-state index in [-0.39, 0.29) is 12.8 Å². The highest BCUT2D eigenvalue weighted by molar-refractivity contribution is 6.58. The van der Waals surface area contributed by atoms with Crippen molar-refractivity contribution in [3.05, 3.63) is 53.0 Å². The number of fused-ring (bicyclic) bond motifs is 2. The molecule has 0 saturated carbocycles. The van der Waals surface area contributed by atoms with Crippen LogP contribution >= 0.6 is 0 Å². The van der Waals surface area contributed by atoms with E-state index < -0.39 is 24.7 Å². The lowest BCUT2D eigenvalue weighted by Crippen LogP contribution is -2.50. The van der Waals surface area contributed by atoms with E-state index in [9.17, 15) is 15.0 Å². The van der Waals surface area contributed by atoms with Gasteiger partial charge in [-0.25, -0.2) is 4.79 Å². The minimum Gasteiger partial charge on any atom is -0.492 e. The summed E-state index contributed by atoms with van der Waals surface area (Å²) in [5.41, 5.74) is 2.41. The summed E-state index contributed by atoms with van der Waals surface area (Å²) in [6, 6.07) is 4.04. The van der Waals surface area contributed by atoms with E-state index in [4.69, 9.17) is 4.84 Å². The molecule has 146 valence electrons. The van der Waals surface area contributed by atoms with Crippen molar-refractivity contribution in [3.8, 4) is 11.8 Å². The van der Waals surface area contributed by atoms with Crippen molar-refractivity contribution in [1.29, 1.82) is 0 Å². The van der Waals surface area contributed by atoms with E-state index in [0.29, 0.717) is 27.5 Å². The van der Waals surface area contributed by atoms with Gasteiger partial charge in [0, 0.05) is 42.5 Å². The molecule has 7 nitrogen and oxygen atoms in total. The Labute approximate surface area is 159 Å². The van der Waals surface area contributed by atoms with Gasteiger partial charge in [0.1, 0.15) is 5.71 Å². The van der Waals surface area contributed by atoms with Crippen LogP contribution in [0.3, 0.4) is 0 Å². The highest BCUT2D eigenvalue weighted by atomic mass is 19.2. The minimum atomic E-state index is -4.09. The first-order valence-corrected chi connectivity index (χ1v) is 8.77. The molecule has 2 aliphatic heterocycles. The number of aryl methyl sites for hydroxylation is 2. The topological polar surface area (TPSA) is 79.6 Å². The Balaban J connectivity index is 1.58. The Kier molecular flexibility index (Phi) is 3.95. The zero-order valence-corrected chi connectivity index (χ0v) is 15.3. The molecule has 0 radical (unpaired) electrons. The lowest BCUT2D eigenvalue weighted by Gasteiger charge is -2.30. The van der Waals surface area contributed by atoms with Crippen molar-refractivity contribution in [2.45, 2.75) is 26.7 Å². The van der Waals surface area contributed by atoms with Gasteiger partial charge in [0.2, 0.25) is 11.8 Å². The quantitative estimate of drug-likeness (QED) is 0.787. The molecule has 0 fully saturated rings. The lowest BCUT2D eigenvalue weighted by molar-refractivity contribution is -0.362. The summed E-state index contributed by atoms with van der Waals surface area (Å²) in [6.45, 7) is -0.651. The van der Waals surface area contributed by atoms with Gasteiger partial charge in [-0.2, -0.15) is 0 Å². The molecule has 0 unspecified atom stereocenters. The fourth-order valence-corrected chi connectivity index (χ4v) is 3.77. The molecule has 0 amide bonds. The number of rotatable bonds is 4. The summed E-state index contributed by atoms with van der Waals surface area (Å²) in [5, 5.41) is 19.0. The second kappa shape index (κ2) is 6.11. The van der Waals surface area contributed by atoms with Crippen LogP contribution in [0.4, 0.5) is 8.63 Å². The van der Waals surface area contributed by atoms with E-state index in [2.05, 4.69) is 0 Å². The first-order chi connectivity index (χ1) is 13.2. The Bertz CT molecular complexity index is 1080. The standard InChI is InChI=1S/C18H18BF2N3O4/c1-11-9-12(2)22-15(11)10-14-4-3-13(23(14)19(22,20)21)5-8-18(27)28-24-16(25)6-7-17(24)26/h3-4,6-7,9-10,25-26H,5,8H2,1-2H3. The van der Waals surface area contributed by atoms with Crippen LogP contribution < -0.4 is 4.84 Å². The Morgan fingerprint density at radius 1 is 1.21 bits per heavy atom. The lowest BCUT2D eigenvalue weighted by atomic mass is 9.90. The third-order valence-corrected chi connectivity index (χ3v) is 4.98. The van der Waals surface area contributed by atoms with Crippen LogP contribution in [0.5, 0.6) is 11.8 Å². The third kappa shape index (κ3) is 2.64. The van der Waals surface area contributed by atoms with Crippen LogP contribution in [-0.4, -0.2) is 42.6 Å². The van der Waals surface area contributed by atoms with Gasteiger partial charge in [0.15, 0.2) is 5.70 Å². The molecule has 4 heterocycles. The maximum Gasteiger partial charge on any atom is 0.737 e. The molecule has 2 N–H and O–H groups in total. The smallest absolute Gasteiger partial charge is 0.492 e. The Hall–Kier alpha value is -3.30. The van der Waals surface area contributed by atoms with Crippen molar-refractivity contribution in [2.24, 2.45) is 0 Å². The maximum atomic E-state index is 15.3. The second-order valence-electron chi connectivity index (χ2n) is 6.88. The Morgan fingerprint density at radius 3 is 2.57 bits per heavy atom. The van der Waals surface area contributed by atoms with Crippen molar-refractivity contribution >= 4 is 24.7 Å².